The molecule has 0 saturated carbocycles. The molecule has 1 saturated heterocycles. The van der Waals surface area contributed by atoms with Gasteiger partial charge in [0.15, 0.2) is 5.78 Å². The first-order chi connectivity index (χ1) is 11.5. The summed E-state index contributed by atoms with van der Waals surface area (Å²) in [6, 6.07) is 15.6. The average Bonchev–Trinajstić information content (AvgIpc) is 2.58. The van der Waals surface area contributed by atoms with E-state index in [0.717, 1.165) is 5.56 Å². The molecule has 24 heavy (non-hydrogen) atoms. The molecule has 126 valence electrons. The minimum Gasteiger partial charge on any atom is -0.389 e. The lowest BCUT2D eigenvalue weighted by atomic mass is 9.85. The summed E-state index contributed by atoms with van der Waals surface area (Å²) in [5, 5.41) is 10.8. The van der Waals surface area contributed by atoms with Crippen LogP contribution in [0.1, 0.15) is 28.8 Å². The van der Waals surface area contributed by atoms with Crippen molar-refractivity contribution in [3.8, 4) is 0 Å². The molecule has 1 heterocycles. The van der Waals surface area contributed by atoms with Gasteiger partial charge >= 0.3 is 0 Å². The van der Waals surface area contributed by atoms with Gasteiger partial charge in [-0.3, -0.25) is 9.69 Å². The number of aliphatic hydroxyl groups is 1. The van der Waals surface area contributed by atoms with Crippen LogP contribution < -0.4 is 0 Å². The number of ketones is 1. The molecular weight excluding hydrogens is 305 g/mol. The van der Waals surface area contributed by atoms with Gasteiger partial charge in [0.1, 0.15) is 5.82 Å². The van der Waals surface area contributed by atoms with Crippen LogP contribution in [-0.4, -0.2) is 41.0 Å². The minimum atomic E-state index is -0.698. The Labute approximate surface area is 141 Å². The lowest BCUT2D eigenvalue weighted by Crippen LogP contribution is -2.47. The molecule has 0 unspecified atom stereocenters. The van der Waals surface area contributed by atoms with E-state index in [1.54, 1.807) is 0 Å². The molecule has 0 aliphatic carbocycles. The van der Waals surface area contributed by atoms with Gasteiger partial charge in [0.25, 0.3) is 0 Å². The Morgan fingerprint density at radius 3 is 2.29 bits per heavy atom. The van der Waals surface area contributed by atoms with Crippen molar-refractivity contribution in [2.75, 3.05) is 19.6 Å². The van der Waals surface area contributed by atoms with Crippen LogP contribution in [0.3, 0.4) is 0 Å². The highest BCUT2D eigenvalue weighted by Crippen LogP contribution is 2.26. The molecule has 3 nitrogen and oxygen atoms in total. The van der Waals surface area contributed by atoms with Crippen molar-refractivity contribution in [2.24, 2.45) is 0 Å². The zero-order valence-electron chi connectivity index (χ0n) is 13.6. The smallest absolute Gasteiger partial charge is 0.176 e. The highest BCUT2D eigenvalue weighted by Gasteiger charge is 2.32. The van der Waals surface area contributed by atoms with Crippen LogP contribution in [0.15, 0.2) is 54.6 Å². The molecule has 4 heteroatoms. The number of carbonyl (C=O) groups excluding carboxylic acids is 1. The van der Waals surface area contributed by atoms with Crippen molar-refractivity contribution in [1.82, 2.24) is 4.90 Å². The van der Waals surface area contributed by atoms with Gasteiger partial charge in [0, 0.05) is 25.1 Å². The third-order valence-corrected chi connectivity index (χ3v) is 4.70. The fourth-order valence-corrected chi connectivity index (χ4v) is 3.21. The second-order valence-electron chi connectivity index (χ2n) is 6.59. The first-order valence-electron chi connectivity index (χ1n) is 8.32. The molecule has 0 radical (unpaired) electrons. The van der Waals surface area contributed by atoms with E-state index < -0.39 is 5.60 Å². The van der Waals surface area contributed by atoms with E-state index in [2.05, 4.69) is 4.90 Å². The van der Waals surface area contributed by atoms with Crippen molar-refractivity contribution in [1.29, 1.82) is 0 Å². The Balaban J connectivity index is 1.53. The lowest BCUT2D eigenvalue weighted by molar-refractivity contribution is -0.0193. The molecule has 1 N–H and O–H groups in total. The van der Waals surface area contributed by atoms with E-state index >= 15 is 0 Å². The number of halogens is 1. The van der Waals surface area contributed by atoms with Crippen LogP contribution in [0.5, 0.6) is 0 Å². The number of hydrogen-bond acceptors (Lipinski definition) is 3. The Morgan fingerprint density at radius 2 is 1.67 bits per heavy atom. The molecule has 1 aliphatic heterocycles. The molecule has 0 aromatic heterocycles. The standard InChI is InChI=1S/C20H22FNO2/c21-18-8-6-17(7-9-18)19(23)15-22-12-10-20(24,11-13-22)14-16-4-2-1-3-5-16/h1-9,24H,10-15H2. The fourth-order valence-electron chi connectivity index (χ4n) is 3.21. The summed E-state index contributed by atoms with van der Waals surface area (Å²) in [5.74, 6) is -0.348. The normalized spacial score (nSPS) is 17.6. The summed E-state index contributed by atoms with van der Waals surface area (Å²) in [4.78, 5) is 14.3. The lowest BCUT2D eigenvalue weighted by Gasteiger charge is -2.38. The number of Topliss-reactive ketones (excluding diaryl/α,β-unsaturated/α-hetero) is 1. The minimum absolute atomic E-state index is 0.0106. The number of hydrogen-bond donors (Lipinski definition) is 1. The number of piperidine rings is 1. The van der Waals surface area contributed by atoms with Crippen molar-refractivity contribution in [3.05, 3.63) is 71.5 Å². The van der Waals surface area contributed by atoms with Gasteiger partial charge in [-0.1, -0.05) is 30.3 Å². The number of carbonyl (C=O) groups is 1. The summed E-state index contributed by atoms with van der Waals surface area (Å²) in [6.45, 7) is 1.69. The maximum Gasteiger partial charge on any atom is 0.176 e. The Hall–Kier alpha value is -2.04. The van der Waals surface area contributed by atoms with E-state index in [4.69, 9.17) is 0 Å². The molecule has 1 fully saturated rings. The predicted molar refractivity (Wildman–Crippen MR) is 91.5 cm³/mol. The average molecular weight is 327 g/mol. The third-order valence-electron chi connectivity index (χ3n) is 4.70. The summed E-state index contributed by atoms with van der Waals surface area (Å²) < 4.78 is 12.9. The van der Waals surface area contributed by atoms with E-state index in [-0.39, 0.29) is 11.6 Å². The molecule has 0 bridgehead atoms. The van der Waals surface area contributed by atoms with E-state index in [9.17, 15) is 14.3 Å². The first kappa shape index (κ1) is 16.8. The van der Waals surface area contributed by atoms with Crippen LogP contribution in [-0.2, 0) is 6.42 Å². The Bertz CT molecular complexity index is 677. The van der Waals surface area contributed by atoms with Gasteiger partial charge < -0.3 is 5.11 Å². The second-order valence-corrected chi connectivity index (χ2v) is 6.59. The van der Waals surface area contributed by atoms with Gasteiger partial charge in [-0.05, 0) is 42.7 Å². The fraction of sp³-hybridized carbons (Fsp3) is 0.350. The number of rotatable bonds is 5. The summed E-state index contributed by atoms with van der Waals surface area (Å²) in [6.07, 6.45) is 1.95. The summed E-state index contributed by atoms with van der Waals surface area (Å²) in [7, 11) is 0. The number of nitrogens with zero attached hydrogens (tertiary/aromatic N) is 1. The van der Waals surface area contributed by atoms with E-state index in [1.165, 1.54) is 24.3 Å². The van der Waals surface area contributed by atoms with Gasteiger partial charge in [0.2, 0.25) is 0 Å². The molecule has 0 spiro atoms. The van der Waals surface area contributed by atoms with E-state index in [1.807, 2.05) is 30.3 Å². The molecule has 0 amide bonds. The van der Waals surface area contributed by atoms with Gasteiger partial charge in [-0.2, -0.15) is 0 Å². The van der Waals surface area contributed by atoms with Gasteiger partial charge in [-0.25, -0.2) is 4.39 Å². The molecule has 2 aromatic carbocycles. The Morgan fingerprint density at radius 1 is 1.04 bits per heavy atom. The number of benzene rings is 2. The predicted octanol–water partition coefficient (Wildman–Crippen LogP) is 3.08. The van der Waals surface area contributed by atoms with Crippen LogP contribution >= 0.6 is 0 Å². The SMILES string of the molecule is O=C(CN1CCC(O)(Cc2ccccc2)CC1)c1ccc(F)cc1. The maximum atomic E-state index is 12.9. The molecule has 3 rings (SSSR count). The van der Waals surface area contributed by atoms with Crippen LogP contribution in [0.4, 0.5) is 4.39 Å². The van der Waals surface area contributed by atoms with Crippen LogP contribution in [0, 0.1) is 5.82 Å². The number of likely N-dealkylation sites (tertiary alicyclic amines) is 1. The Kier molecular flexibility index (Phi) is 5.07. The molecular formula is C20H22FNO2. The quantitative estimate of drug-likeness (QED) is 0.858. The van der Waals surface area contributed by atoms with Crippen molar-refractivity contribution >= 4 is 5.78 Å². The topological polar surface area (TPSA) is 40.5 Å². The molecule has 2 aromatic rings. The van der Waals surface area contributed by atoms with Gasteiger partial charge in [0.05, 0.1) is 12.1 Å². The summed E-state index contributed by atoms with van der Waals surface area (Å²) in [5.41, 5.74) is 0.967. The van der Waals surface area contributed by atoms with Crippen LogP contribution in [0.25, 0.3) is 0 Å². The highest BCUT2D eigenvalue weighted by molar-refractivity contribution is 5.97. The van der Waals surface area contributed by atoms with Crippen molar-refractivity contribution in [2.45, 2.75) is 24.9 Å². The van der Waals surface area contributed by atoms with Crippen molar-refractivity contribution in [3.63, 3.8) is 0 Å². The van der Waals surface area contributed by atoms with Crippen LogP contribution in [0.2, 0.25) is 0 Å². The maximum absolute atomic E-state index is 12.9. The van der Waals surface area contributed by atoms with Gasteiger partial charge in [-0.15, -0.1) is 0 Å². The molecule has 1 aliphatic rings. The zero-order valence-corrected chi connectivity index (χ0v) is 13.6. The highest BCUT2D eigenvalue weighted by atomic mass is 19.1. The summed E-state index contributed by atoms with van der Waals surface area (Å²) >= 11 is 0. The van der Waals surface area contributed by atoms with E-state index in [0.29, 0.717) is 44.5 Å². The molecule has 0 atom stereocenters. The first-order valence-corrected chi connectivity index (χ1v) is 8.32. The van der Waals surface area contributed by atoms with Crippen molar-refractivity contribution < 1.29 is 14.3 Å². The zero-order chi connectivity index (χ0) is 17.0. The largest absolute Gasteiger partial charge is 0.389 e. The monoisotopic (exact) mass is 327 g/mol. The third kappa shape index (κ3) is 4.28. The second kappa shape index (κ2) is 7.24.